The van der Waals surface area contributed by atoms with Crippen LogP contribution >= 0.6 is 0 Å². The molecule has 1 atom stereocenters. The molecule has 0 aliphatic rings. The smallest absolute Gasteiger partial charge is 0.332 e. The molecule has 0 aromatic heterocycles. The van der Waals surface area contributed by atoms with Gasteiger partial charge in [0, 0.05) is 6.54 Å². The first kappa shape index (κ1) is 15.8. The number of nitriles is 1. The predicted molar refractivity (Wildman–Crippen MR) is 56.9 cm³/mol. The third-order valence-electron chi connectivity index (χ3n) is 2.58. The molecule has 0 N–H and O–H groups in total. The molecule has 0 radical (unpaired) electrons. The monoisotopic (exact) mass is 250 g/mol. The zero-order valence-corrected chi connectivity index (χ0v) is 10.3. The fourth-order valence-corrected chi connectivity index (χ4v) is 1.37. The summed E-state index contributed by atoms with van der Waals surface area (Å²) in [6.07, 6.45) is -3.82. The average molecular weight is 250 g/mol. The van der Waals surface area contributed by atoms with Gasteiger partial charge in [0.05, 0.1) is 6.07 Å². The summed E-state index contributed by atoms with van der Waals surface area (Å²) in [7, 11) is 0. The summed E-state index contributed by atoms with van der Waals surface area (Å²) in [5.74, 6) is -0.748. The Morgan fingerprint density at radius 2 is 1.88 bits per heavy atom. The van der Waals surface area contributed by atoms with Crippen LogP contribution in [-0.4, -0.2) is 30.1 Å². The molecule has 0 aliphatic carbocycles. The van der Waals surface area contributed by atoms with E-state index in [1.54, 1.807) is 19.9 Å². The maximum Gasteiger partial charge on any atom is 0.406 e. The van der Waals surface area contributed by atoms with Crippen LogP contribution < -0.4 is 0 Å². The second kappa shape index (κ2) is 5.89. The van der Waals surface area contributed by atoms with Crippen LogP contribution in [0.2, 0.25) is 0 Å². The first-order valence-corrected chi connectivity index (χ1v) is 5.47. The van der Waals surface area contributed by atoms with E-state index in [-0.39, 0.29) is 13.0 Å². The number of halogens is 3. The number of hydrogen-bond acceptors (Lipinski definition) is 2. The molecule has 0 spiro atoms. The van der Waals surface area contributed by atoms with Gasteiger partial charge in [0.15, 0.2) is 0 Å². The van der Waals surface area contributed by atoms with Crippen molar-refractivity contribution in [3.05, 3.63) is 0 Å². The van der Waals surface area contributed by atoms with Gasteiger partial charge in [0.2, 0.25) is 5.91 Å². The van der Waals surface area contributed by atoms with Crippen molar-refractivity contribution in [2.45, 2.75) is 39.8 Å². The molecule has 0 saturated heterocycles. The third-order valence-corrected chi connectivity index (χ3v) is 2.58. The minimum absolute atomic E-state index is 0.00954. The molecule has 1 unspecified atom stereocenters. The Morgan fingerprint density at radius 3 is 2.18 bits per heavy atom. The molecule has 0 rings (SSSR count). The van der Waals surface area contributed by atoms with Crippen molar-refractivity contribution in [1.29, 1.82) is 5.26 Å². The summed E-state index contributed by atoms with van der Waals surface area (Å²) in [5, 5.41) is 8.89. The van der Waals surface area contributed by atoms with Crippen LogP contribution in [-0.2, 0) is 4.79 Å². The van der Waals surface area contributed by atoms with Crippen molar-refractivity contribution in [2.24, 2.45) is 5.41 Å². The third kappa shape index (κ3) is 4.63. The lowest BCUT2D eigenvalue weighted by Gasteiger charge is -2.29. The van der Waals surface area contributed by atoms with E-state index in [2.05, 4.69) is 0 Å². The molecule has 6 heteroatoms. The fourth-order valence-electron chi connectivity index (χ4n) is 1.37. The molecule has 3 nitrogen and oxygen atoms in total. The summed E-state index contributed by atoms with van der Waals surface area (Å²) in [5.41, 5.74) is -1.37. The van der Waals surface area contributed by atoms with Crippen LogP contribution in [0.3, 0.4) is 0 Å². The highest BCUT2D eigenvalue weighted by Gasteiger charge is 2.40. The second-order valence-corrected chi connectivity index (χ2v) is 4.14. The molecule has 0 aliphatic heterocycles. The molecule has 0 fully saturated rings. The van der Waals surface area contributed by atoms with Crippen LogP contribution in [0, 0.1) is 16.7 Å². The van der Waals surface area contributed by atoms with Crippen LogP contribution in [0.4, 0.5) is 13.2 Å². The summed E-state index contributed by atoms with van der Waals surface area (Å²) >= 11 is 0. The number of carbonyl (C=O) groups excluding carboxylic acids is 1. The van der Waals surface area contributed by atoms with Crippen LogP contribution in [0.1, 0.15) is 33.6 Å². The number of alkyl halides is 3. The molecule has 0 saturated carbocycles. The summed E-state index contributed by atoms with van der Waals surface area (Å²) < 4.78 is 36.9. The lowest BCUT2D eigenvalue weighted by molar-refractivity contribution is -0.165. The summed E-state index contributed by atoms with van der Waals surface area (Å²) in [6.45, 7) is 3.38. The number of carbonyl (C=O) groups is 1. The highest BCUT2D eigenvalue weighted by molar-refractivity contribution is 5.85. The zero-order chi connectivity index (χ0) is 13.7. The van der Waals surface area contributed by atoms with E-state index in [0.717, 1.165) is 0 Å². The standard InChI is InChI=1S/C11H17F3N2O/c1-4-6-16(8-11(12,13)14)9(17)10(3,5-2)7-15/h4-6,8H2,1-3H3. The molecule has 0 bridgehead atoms. The van der Waals surface area contributed by atoms with Crippen molar-refractivity contribution in [2.75, 3.05) is 13.1 Å². The maximum absolute atomic E-state index is 12.3. The largest absolute Gasteiger partial charge is 0.406 e. The van der Waals surface area contributed by atoms with E-state index in [4.69, 9.17) is 5.26 Å². The van der Waals surface area contributed by atoms with E-state index in [9.17, 15) is 18.0 Å². The van der Waals surface area contributed by atoms with Gasteiger partial charge < -0.3 is 4.90 Å². The Hall–Kier alpha value is -1.25. The van der Waals surface area contributed by atoms with Crippen molar-refractivity contribution >= 4 is 5.91 Å². The minimum atomic E-state index is -4.44. The first-order valence-electron chi connectivity index (χ1n) is 5.47. The van der Waals surface area contributed by atoms with Gasteiger partial charge in [0.25, 0.3) is 0 Å². The molecule has 0 aromatic carbocycles. The molecule has 1 amide bonds. The molecule has 0 aromatic rings. The van der Waals surface area contributed by atoms with E-state index >= 15 is 0 Å². The van der Waals surface area contributed by atoms with Gasteiger partial charge in [0.1, 0.15) is 12.0 Å². The molecule has 0 heterocycles. The van der Waals surface area contributed by atoms with Gasteiger partial charge in [-0.05, 0) is 19.8 Å². The SMILES string of the molecule is CCCN(CC(F)(F)F)C(=O)C(C)(C#N)CC. The molecular weight excluding hydrogens is 233 g/mol. The van der Waals surface area contributed by atoms with Crippen LogP contribution in [0.5, 0.6) is 0 Å². The second-order valence-electron chi connectivity index (χ2n) is 4.14. The Bertz CT molecular complexity index is 309. The zero-order valence-electron chi connectivity index (χ0n) is 10.3. The van der Waals surface area contributed by atoms with Gasteiger partial charge in [-0.15, -0.1) is 0 Å². The predicted octanol–water partition coefficient (Wildman–Crippen LogP) is 2.73. The maximum atomic E-state index is 12.3. The number of nitrogens with zero attached hydrogens (tertiary/aromatic N) is 2. The van der Waals surface area contributed by atoms with Crippen molar-refractivity contribution in [1.82, 2.24) is 4.90 Å². The highest BCUT2D eigenvalue weighted by Crippen LogP contribution is 2.26. The lowest BCUT2D eigenvalue weighted by atomic mass is 9.87. The fraction of sp³-hybridized carbons (Fsp3) is 0.818. The number of hydrogen-bond donors (Lipinski definition) is 0. The van der Waals surface area contributed by atoms with E-state index < -0.39 is 24.0 Å². The van der Waals surface area contributed by atoms with Crippen LogP contribution in [0.25, 0.3) is 0 Å². The Kier molecular flexibility index (Phi) is 5.46. The molecule has 17 heavy (non-hydrogen) atoms. The van der Waals surface area contributed by atoms with Crippen molar-refractivity contribution in [3.63, 3.8) is 0 Å². The summed E-state index contributed by atoms with van der Waals surface area (Å²) in [4.78, 5) is 12.6. The minimum Gasteiger partial charge on any atom is -0.332 e. The van der Waals surface area contributed by atoms with Gasteiger partial charge in [-0.2, -0.15) is 18.4 Å². The Balaban J connectivity index is 4.96. The highest BCUT2D eigenvalue weighted by atomic mass is 19.4. The number of rotatable bonds is 5. The normalized spacial score (nSPS) is 14.9. The first-order chi connectivity index (χ1) is 7.70. The van der Waals surface area contributed by atoms with Gasteiger partial charge >= 0.3 is 6.18 Å². The topological polar surface area (TPSA) is 44.1 Å². The summed E-state index contributed by atoms with van der Waals surface area (Å²) in [6, 6.07) is 1.79. The van der Waals surface area contributed by atoms with Crippen molar-refractivity contribution in [3.8, 4) is 6.07 Å². The van der Waals surface area contributed by atoms with Gasteiger partial charge in [-0.3, -0.25) is 4.79 Å². The Labute approximate surface area is 99.2 Å². The Morgan fingerprint density at radius 1 is 1.35 bits per heavy atom. The van der Waals surface area contributed by atoms with Gasteiger partial charge in [-0.1, -0.05) is 13.8 Å². The van der Waals surface area contributed by atoms with Crippen molar-refractivity contribution < 1.29 is 18.0 Å². The van der Waals surface area contributed by atoms with E-state index in [0.29, 0.717) is 11.3 Å². The average Bonchev–Trinajstić information content (AvgIpc) is 2.24. The van der Waals surface area contributed by atoms with E-state index in [1.165, 1.54) is 6.92 Å². The molecular formula is C11H17F3N2O. The molecule has 98 valence electrons. The van der Waals surface area contributed by atoms with Gasteiger partial charge in [-0.25, -0.2) is 0 Å². The number of amides is 1. The lowest BCUT2D eigenvalue weighted by Crippen LogP contribution is -2.46. The quantitative estimate of drug-likeness (QED) is 0.753. The van der Waals surface area contributed by atoms with Crippen LogP contribution in [0.15, 0.2) is 0 Å². The van der Waals surface area contributed by atoms with E-state index in [1.807, 2.05) is 0 Å².